The molecule has 1 aliphatic rings. The molecular formula is C14H27NO2. The van der Waals surface area contributed by atoms with Gasteiger partial charge in [0.05, 0.1) is 0 Å². The van der Waals surface area contributed by atoms with Gasteiger partial charge in [0.2, 0.25) is 0 Å². The Labute approximate surface area is 105 Å². The fraction of sp³-hybridized carbons (Fsp3) is 0.929. The van der Waals surface area contributed by atoms with Gasteiger partial charge in [-0.2, -0.15) is 0 Å². The molecule has 3 N–H and O–H groups in total. The van der Waals surface area contributed by atoms with E-state index in [-0.39, 0.29) is 12.3 Å². The molecule has 1 unspecified atom stereocenters. The second kappa shape index (κ2) is 7.70. The lowest BCUT2D eigenvalue weighted by Gasteiger charge is -2.26. The molecule has 0 heterocycles. The Kier molecular flexibility index (Phi) is 6.56. The number of nitrogens with two attached hydrogens (primary N) is 1. The van der Waals surface area contributed by atoms with Gasteiger partial charge in [-0.1, -0.05) is 45.4 Å². The van der Waals surface area contributed by atoms with Crippen LogP contribution in [-0.4, -0.2) is 17.6 Å². The monoisotopic (exact) mass is 241 g/mol. The molecular weight excluding hydrogens is 214 g/mol. The summed E-state index contributed by atoms with van der Waals surface area (Å²) in [5.41, 5.74) is 5.61. The average Bonchev–Trinajstić information content (AvgIpc) is 2.20. The van der Waals surface area contributed by atoms with Crippen LogP contribution in [0.2, 0.25) is 0 Å². The molecule has 0 radical (unpaired) electrons. The zero-order chi connectivity index (χ0) is 12.7. The third-order valence-electron chi connectivity index (χ3n) is 4.07. The Morgan fingerprint density at radius 3 is 2.65 bits per heavy atom. The Bertz CT molecular complexity index is 226. The van der Waals surface area contributed by atoms with Crippen molar-refractivity contribution in [1.29, 1.82) is 0 Å². The molecule has 3 nitrogen and oxygen atoms in total. The van der Waals surface area contributed by atoms with E-state index in [1.54, 1.807) is 0 Å². The van der Waals surface area contributed by atoms with Crippen molar-refractivity contribution < 1.29 is 9.90 Å². The first-order valence-corrected chi connectivity index (χ1v) is 7.03. The Morgan fingerprint density at radius 2 is 2.18 bits per heavy atom. The number of aliphatic carboxylic acids is 1. The number of carboxylic acids is 1. The first-order chi connectivity index (χ1) is 8.11. The third-order valence-corrected chi connectivity index (χ3v) is 4.07. The predicted octanol–water partition coefficient (Wildman–Crippen LogP) is 3.03. The van der Waals surface area contributed by atoms with Crippen molar-refractivity contribution in [3.8, 4) is 0 Å². The summed E-state index contributed by atoms with van der Waals surface area (Å²) >= 11 is 0. The van der Waals surface area contributed by atoms with Crippen molar-refractivity contribution in [1.82, 2.24) is 0 Å². The SMILES string of the molecule is CC(CCCC1CCC1)C[C@H](CN)CC(=O)O. The minimum absolute atomic E-state index is 0.159. The van der Waals surface area contributed by atoms with Crippen LogP contribution in [0.25, 0.3) is 0 Å². The number of rotatable bonds is 9. The molecule has 1 aliphatic carbocycles. The first kappa shape index (κ1) is 14.5. The summed E-state index contributed by atoms with van der Waals surface area (Å²) in [5.74, 6) is 1.04. The molecule has 0 spiro atoms. The maximum Gasteiger partial charge on any atom is 0.303 e. The summed E-state index contributed by atoms with van der Waals surface area (Å²) in [6.07, 6.45) is 9.38. The van der Waals surface area contributed by atoms with Crippen LogP contribution in [0.3, 0.4) is 0 Å². The van der Waals surface area contributed by atoms with Gasteiger partial charge < -0.3 is 10.8 Å². The van der Waals surface area contributed by atoms with E-state index in [0.29, 0.717) is 12.5 Å². The van der Waals surface area contributed by atoms with Crippen LogP contribution in [0.4, 0.5) is 0 Å². The van der Waals surface area contributed by atoms with Crippen LogP contribution in [0.5, 0.6) is 0 Å². The summed E-state index contributed by atoms with van der Waals surface area (Å²) in [5, 5.41) is 8.76. The van der Waals surface area contributed by atoms with Crippen LogP contribution in [-0.2, 0) is 4.79 Å². The largest absolute Gasteiger partial charge is 0.481 e. The van der Waals surface area contributed by atoms with E-state index in [1.165, 1.54) is 38.5 Å². The van der Waals surface area contributed by atoms with Crippen LogP contribution < -0.4 is 5.73 Å². The van der Waals surface area contributed by atoms with E-state index in [1.807, 2.05) is 0 Å². The number of carbonyl (C=O) groups is 1. The number of carboxylic acid groups (broad SMARTS) is 1. The Balaban J connectivity index is 2.08. The van der Waals surface area contributed by atoms with E-state index >= 15 is 0 Å². The maximum atomic E-state index is 10.6. The molecule has 1 saturated carbocycles. The lowest BCUT2D eigenvalue weighted by Crippen LogP contribution is -2.20. The highest BCUT2D eigenvalue weighted by molar-refractivity contribution is 5.67. The average molecular weight is 241 g/mol. The molecule has 17 heavy (non-hydrogen) atoms. The van der Waals surface area contributed by atoms with Crippen LogP contribution in [0.1, 0.15) is 58.3 Å². The summed E-state index contributed by atoms with van der Waals surface area (Å²) in [6.45, 7) is 2.73. The van der Waals surface area contributed by atoms with Gasteiger partial charge in [0.1, 0.15) is 0 Å². The molecule has 2 atom stereocenters. The molecule has 0 aromatic rings. The lowest BCUT2D eigenvalue weighted by molar-refractivity contribution is -0.138. The van der Waals surface area contributed by atoms with Gasteiger partial charge in [-0.05, 0) is 30.7 Å². The molecule has 1 fully saturated rings. The van der Waals surface area contributed by atoms with Crippen LogP contribution >= 0.6 is 0 Å². The van der Waals surface area contributed by atoms with Gasteiger partial charge in [-0.25, -0.2) is 0 Å². The third kappa shape index (κ3) is 6.06. The zero-order valence-electron chi connectivity index (χ0n) is 11.0. The molecule has 0 aromatic heterocycles. The van der Waals surface area contributed by atoms with E-state index in [0.717, 1.165) is 12.3 Å². The molecule has 3 heteroatoms. The van der Waals surface area contributed by atoms with Crippen molar-refractivity contribution in [2.45, 2.75) is 58.3 Å². The standard InChI is InChI=1S/C14H27NO2/c1-11(4-2-5-12-6-3-7-12)8-13(10-15)9-14(16)17/h11-13H,2-10,15H2,1H3,(H,16,17)/t11?,13-/m0/s1. The van der Waals surface area contributed by atoms with E-state index < -0.39 is 5.97 Å². The Hall–Kier alpha value is -0.570. The number of hydrogen-bond donors (Lipinski definition) is 2. The van der Waals surface area contributed by atoms with Crippen molar-refractivity contribution in [2.24, 2.45) is 23.5 Å². The van der Waals surface area contributed by atoms with E-state index in [4.69, 9.17) is 10.8 Å². The first-order valence-electron chi connectivity index (χ1n) is 7.03. The molecule has 100 valence electrons. The van der Waals surface area contributed by atoms with Gasteiger partial charge in [0.25, 0.3) is 0 Å². The van der Waals surface area contributed by atoms with Gasteiger partial charge in [-0.15, -0.1) is 0 Å². The molecule has 0 amide bonds. The quantitative estimate of drug-likeness (QED) is 0.652. The minimum atomic E-state index is -0.720. The molecule has 0 saturated heterocycles. The van der Waals surface area contributed by atoms with Crippen LogP contribution in [0, 0.1) is 17.8 Å². The fourth-order valence-electron chi connectivity index (χ4n) is 2.73. The second-order valence-corrected chi connectivity index (χ2v) is 5.77. The summed E-state index contributed by atoms with van der Waals surface area (Å²) in [4.78, 5) is 10.6. The molecule has 0 bridgehead atoms. The van der Waals surface area contributed by atoms with Gasteiger partial charge >= 0.3 is 5.97 Å². The van der Waals surface area contributed by atoms with Crippen LogP contribution in [0.15, 0.2) is 0 Å². The van der Waals surface area contributed by atoms with Crippen molar-refractivity contribution in [3.63, 3.8) is 0 Å². The normalized spacial score (nSPS) is 19.6. The topological polar surface area (TPSA) is 63.3 Å². The smallest absolute Gasteiger partial charge is 0.303 e. The highest BCUT2D eigenvalue weighted by Crippen LogP contribution is 2.32. The lowest BCUT2D eigenvalue weighted by atomic mass is 9.80. The van der Waals surface area contributed by atoms with E-state index in [9.17, 15) is 4.79 Å². The summed E-state index contributed by atoms with van der Waals surface area (Å²) in [7, 11) is 0. The number of hydrogen-bond acceptors (Lipinski definition) is 2. The second-order valence-electron chi connectivity index (χ2n) is 5.77. The van der Waals surface area contributed by atoms with Gasteiger partial charge in [-0.3, -0.25) is 4.79 Å². The van der Waals surface area contributed by atoms with Crippen molar-refractivity contribution >= 4 is 5.97 Å². The highest BCUT2D eigenvalue weighted by atomic mass is 16.4. The highest BCUT2D eigenvalue weighted by Gasteiger charge is 2.18. The van der Waals surface area contributed by atoms with Crippen molar-refractivity contribution in [2.75, 3.05) is 6.54 Å². The van der Waals surface area contributed by atoms with Gasteiger partial charge in [0, 0.05) is 6.42 Å². The summed E-state index contributed by atoms with van der Waals surface area (Å²) in [6, 6.07) is 0. The predicted molar refractivity (Wildman–Crippen MR) is 69.8 cm³/mol. The fourth-order valence-corrected chi connectivity index (χ4v) is 2.73. The molecule has 0 aromatic carbocycles. The van der Waals surface area contributed by atoms with Gasteiger partial charge in [0.15, 0.2) is 0 Å². The summed E-state index contributed by atoms with van der Waals surface area (Å²) < 4.78 is 0. The zero-order valence-corrected chi connectivity index (χ0v) is 11.0. The van der Waals surface area contributed by atoms with E-state index in [2.05, 4.69) is 6.92 Å². The van der Waals surface area contributed by atoms with Crippen molar-refractivity contribution in [3.05, 3.63) is 0 Å². The molecule has 1 rings (SSSR count). The minimum Gasteiger partial charge on any atom is -0.481 e. The maximum absolute atomic E-state index is 10.6. The molecule has 0 aliphatic heterocycles. The Morgan fingerprint density at radius 1 is 1.47 bits per heavy atom.